The van der Waals surface area contributed by atoms with Crippen molar-refractivity contribution in [2.75, 3.05) is 18.0 Å². The molecule has 0 spiro atoms. The SMILES string of the molecule is Br.Oc1cccc(N2CCCCC2)c1. The summed E-state index contributed by atoms with van der Waals surface area (Å²) >= 11 is 0. The van der Waals surface area contributed by atoms with E-state index in [1.54, 1.807) is 6.07 Å². The Morgan fingerprint density at radius 2 is 1.79 bits per heavy atom. The zero-order chi connectivity index (χ0) is 9.10. The molecule has 1 saturated heterocycles. The third-order valence-electron chi connectivity index (χ3n) is 2.55. The van der Waals surface area contributed by atoms with E-state index in [4.69, 9.17) is 0 Å². The number of benzene rings is 1. The molecular weight excluding hydrogens is 242 g/mol. The number of hydrogen-bond donors (Lipinski definition) is 1. The van der Waals surface area contributed by atoms with Gasteiger partial charge in [-0.2, -0.15) is 0 Å². The Labute approximate surface area is 95.3 Å². The molecule has 14 heavy (non-hydrogen) atoms. The highest BCUT2D eigenvalue weighted by Crippen LogP contribution is 2.22. The molecular formula is C11H16BrNO. The molecule has 1 aromatic rings. The monoisotopic (exact) mass is 257 g/mol. The Morgan fingerprint density at radius 1 is 1.07 bits per heavy atom. The summed E-state index contributed by atoms with van der Waals surface area (Å²) in [5.41, 5.74) is 1.15. The molecule has 1 N–H and O–H groups in total. The molecule has 1 fully saturated rings. The lowest BCUT2D eigenvalue weighted by molar-refractivity contribution is 0.474. The molecule has 0 amide bonds. The van der Waals surface area contributed by atoms with Crippen molar-refractivity contribution in [3.63, 3.8) is 0 Å². The maximum atomic E-state index is 9.32. The third kappa shape index (κ3) is 2.64. The summed E-state index contributed by atoms with van der Waals surface area (Å²) in [7, 11) is 0. The topological polar surface area (TPSA) is 23.5 Å². The first-order chi connectivity index (χ1) is 6.36. The fourth-order valence-corrected chi connectivity index (χ4v) is 1.84. The van der Waals surface area contributed by atoms with Crippen molar-refractivity contribution in [3.05, 3.63) is 24.3 Å². The van der Waals surface area contributed by atoms with Crippen LogP contribution < -0.4 is 4.90 Å². The largest absolute Gasteiger partial charge is 0.508 e. The number of phenols is 1. The van der Waals surface area contributed by atoms with Gasteiger partial charge in [-0.25, -0.2) is 0 Å². The van der Waals surface area contributed by atoms with E-state index in [2.05, 4.69) is 11.0 Å². The Kier molecular flexibility index (Phi) is 4.26. The van der Waals surface area contributed by atoms with Gasteiger partial charge in [-0.05, 0) is 31.4 Å². The van der Waals surface area contributed by atoms with Crippen LogP contribution in [0.1, 0.15) is 19.3 Å². The average Bonchev–Trinajstić information content (AvgIpc) is 2.19. The van der Waals surface area contributed by atoms with Gasteiger partial charge in [-0.1, -0.05) is 6.07 Å². The van der Waals surface area contributed by atoms with Gasteiger partial charge in [-0.15, -0.1) is 17.0 Å². The lowest BCUT2D eigenvalue weighted by Gasteiger charge is -2.28. The molecule has 0 bridgehead atoms. The van der Waals surface area contributed by atoms with Crippen LogP contribution in [-0.2, 0) is 0 Å². The second-order valence-corrected chi connectivity index (χ2v) is 3.57. The van der Waals surface area contributed by atoms with Gasteiger partial charge in [0, 0.05) is 24.8 Å². The number of rotatable bonds is 1. The molecule has 1 aromatic carbocycles. The van der Waals surface area contributed by atoms with Crippen LogP contribution in [0.5, 0.6) is 5.75 Å². The summed E-state index contributed by atoms with van der Waals surface area (Å²) in [4.78, 5) is 2.34. The predicted molar refractivity (Wildman–Crippen MR) is 64.5 cm³/mol. The van der Waals surface area contributed by atoms with E-state index < -0.39 is 0 Å². The van der Waals surface area contributed by atoms with E-state index >= 15 is 0 Å². The Balaban J connectivity index is 0.000000980. The molecule has 0 aliphatic carbocycles. The Bertz CT molecular complexity index is 284. The van der Waals surface area contributed by atoms with Crippen molar-refractivity contribution >= 4 is 22.7 Å². The molecule has 78 valence electrons. The van der Waals surface area contributed by atoms with E-state index in [1.165, 1.54) is 19.3 Å². The minimum Gasteiger partial charge on any atom is -0.508 e. The van der Waals surface area contributed by atoms with Gasteiger partial charge < -0.3 is 10.0 Å². The van der Waals surface area contributed by atoms with Crippen LogP contribution in [0.3, 0.4) is 0 Å². The summed E-state index contributed by atoms with van der Waals surface area (Å²) in [5, 5.41) is 9.32. The molecule has 1 aliphatic heterocycles. The number of piperidine rings is 1. The van der Waals surface area contributed by atoms with Crippen LogP contribution >= 0.6 is 17.0 Å². The summed E-state index contributed by atoms with van der Waals surface area (Å²) in [6.45, 7) is 2.26. The van der Waals surface area contributed by atoms with Crippen molar-refractivity contribution in [2.24, 2.45) is 0 Å². The van der Waals surface area contributed by atoms with Crippen molar-refractivity contribution in [1.29, 1.82) is 0 Å². The highest BCUT2D eigenvalue weighted by molar-refractivity contribution is 8.93. The average molecular weight is 258 g/mol. The Hall–Kier alpha value is -0.700. The fraction of sp³-hybridized carbons (Fsp3) is 0.455. The summed E-state index contributed by atoms with van der Waals surface area (Å²) in [6.07, 6.45) is 3.89. The van der Waals surface area contributed by atoms with E-state index in [9.17, 15) is 5.11 Å². The van der Waals surface area contributed by atoms with Gasteiger partial charge in [0.2, 0.25) is 0 Å². The van der Waals surface area contributed by atoms with Crippen LogP contribution in [0.25, 0.3) is 0 Å². The minimum absolute atomic E-state index is 0. The van der Waals surface area contributed by atoms with Crippen molar-refractivity contribution < 1.29 is 5.11 Å². The molecule has 0 aromatic heterocycles. The zero-order valence-corrected chi connectivity index (χ0v) is 9.86. The number of anilines is 1. The van der Waals surface area contributed by atoms with Crippen LogP contribution in [0.2, 0.25) is 0 Å². The van der Waals surface area contributed by atoms with Crippen LogP contribution in [0, 0.1) is 0 Å². The molecule has 0 radical (unpaired) electrons. The molecule has 0 unspecified atom stereocenters. The highest BCUT2D eigenvalue weighted by atomic mass is 79.9. The number of hydrogen-bond acceptors (Lipinski definition) is 2. The molecule has 1 heterocycles. The van der Waals surface area contributed by atoms with Gasteiger partial charge >= 0.3 is 0 Å². The summed E-state index contributed by atoms with van der Waals surface area (Å²) in [5.74, 6) is 0.364. The third-order valence-corrected chi connectivity index (χ3v) is 2.55. The molecule has 0 atom stereocenters. The number of aromatic hydroxyl groups is 1. The molecule has 0 saturated carbocycles. The van der Waals surface area contributed by atoms with E-state index in [0.717, 1.165) is 18.8 Å². The van der Waals surface area contributed by atoms with Crippen molar-refractivity contribution in [1.82, 2.24) is 0 Å². The first-order valence-electron chi connectivity index (χ1n) is 4.90. The normalized spacial score (nSPS) is 16.1. The standard InChI is InChI=1S/C11H15NO.BrH/c13-11-6-4-5-10(9-11)12-7-2-1-3-8-12;/h4-6,9,13H,1-3,7-8H2;1H. The van der Waals surface area contributed by atoms with E-state index in [0.29, 0.717) is 5.75 Å². The van der Waals surface area contributed by atoms with Gasteiger partial charge in [0.25, 0.3) is 0 Å². The smallest absolute Gasteiger partial charge is 0.117 e. The molecule has 1 aliphatic rings. The lowest BCUT2D eigenvalue weighted by Crippen LogP contribution is -2.29. The predicted octanol–water partition coefficient (Wildman–Crippen LogP) is 2.96. The van der Waals surface area contributed by atoms with Gasteiger partial charge in [-0.3, -0.25) is 0 Å². The zero-order valence-electron chi connectivity index (χ0n) is 8.15. The van der Waals surface area contributed by atoms with Gasteiger partial charge in [0.15, 0.2) is 0 Å². The van der Waals surface area contributed by atoms with Crippen LogP contribution in [-0.4, -0.2) is 18.2 Å². The van der Waals surface area contributed by atoms with Gasteiger partial charge in [0.05, 0.1) is 0 Å². The van der Waals surface area contributed by atoms with Crippen LogP contribution in [0.4, 0.5) is 5.69 Å². The molecule has 3 heteroatoms. The second kappa shape index (κ2) is 5.25. The minimum atomic E-state index is 0. The lowest BCUT2D eigenvalue weighted by atomic mass is 10.1. The maximum Gasteiger partial charge on any atom is 0.117 e. The highest BCUT2D eigenvalue weighted by Gasteiger charge is 2.10. The Morgan fingerprint density at radius 3 is 2.43 bits per heavy atom. The summed E-state index contributed by atoms with van der Waals surface area (Å²) in [6, 6.07) is 7.52. The number of nitrogens with zero attached hydrogens (tertiary/aromatic N) is 1. The maximum absolute atomic E-state index is 9.32. The quantitative estimate of drug-likeness (QED) is 0.837. The van der Waals surface area contributed by atoms with Crippen molar-refractivity contribution in [3.8, 4) is 5.75 Å². The van der Waals surface area contributed by atoms with E-state index in [-0.39, 0.29) is 17.0 Å². The molecule has 2 nitrogen and oxygen atoms in total. The fourth-order valence-electron chi connectivity index (χ4n) is 1.84. The number of halogens is 1. The number of phenolic OH excluding ortho intramolecular Hbond substituents is 1. The van der Waals surface area contributed by atoms with Gasteiger partial charge in [0.1, 0.15) is 5.75 Å². The first kappa shape index (κ1) is 11.4. The van der Waals surface area contributed by atoms with E-state index in [1.807, 2.05) is 12.1 Å². The first-order valence-corrected chi connectivity index (χ1v) is 4.90. The van der Waals surface area contributed by atoms with Crippen molar-refractivity contribution in [2.45, 2.75) is 19.3 Å². The second-order valence-electron chi connectivity index (χ2n) is 3.57. The van der Waals surface area contributed by atoms with Crippen LogP contribution in [0.15, 0.2) is 24.3 Å². The molecule has 2 rings (SSSR count). The summed E-state index contributed by atoms with van der Waals surface area (Å²) < 4.78 is 0.